The fourth-order valence-corrected chi connectivity index (χ4v) is 2.68. The van der Waals surface area contributed by atoms with Gasteiger partial charge in [0, 0.05) is 18.6 Å². The molecule has 0 aromatic carbocycles. The van der Waals surface area contributed by atoms with Crippen molar-refractivity contribution in [3.63, 3.8) is 0 Å². The predicted molar refractivity (Wildman–Crippen MR) is 65.3 cm³/mol. The maximum absolute atomic E-state index is 12.3. The van der Waals surface area contributed by atoms with E-state index in [9.17, 15) is 4.79 Å². The van der Waals surface area contributed by atoms with Gasteiger partial charge in [0.15, 0.2) is 0 Å². The van der Waals surface area contributed by atoms with Gasteiger partial charge in [-0.2, -0.15) is 0 Å². The van der Waals surface area contributed by atoms with E-state index >= 15 is 0 Å². The van der Waals surface area contributed by atoms with Crippen molar-refractivity contribution in [3.8, 4) is 0 Å². The van der Waals surface area contributed by atoms with Gasteiger partial charge in [0.25, 0.3) is 0 Å². The van der Waals surface area contributed by atoms with E-state index in [4.69, 9.17) is 0 Å². The average molecular weight is 224 g/mol. The lowest BCUT2D eigenvalue weighted by molar-refractivity contribution is -0.138. The first kappa shape index (κ1) is 11.9. The fourth-order valence-electron chi connectivity index (χ4n) is 2.68. The average Bonchev–Trinajstić information content (AvgIpc) is 3.09. The Hall–Kier alpha value is -0.570. The molecule has 0 radical (unpaired) electrons. The summed E-state index contributed by atoms with van der Waals surface area (Å²) in [5.41, 5.74) is 0. The van der Waals surface area contributed by atoms with Crippen molar-refractivity contribution < 1.29 is 4.79 Å². The van der Waals surface area contributed by atoms with Gasteiger partial charge in [-0.15, -0.1) is 0 Å². The Labute approximate surface area is 98.6 Å². The summed E-state index contributed by atoms with van der Waals surface area (Å²) in [6.07, 6.45) is 6.87. The lowest BCUT2D eigenvalue weighted by atomic mass is 10.0. The molecule has 3 heteroatoms. The zero-order valence-corrected chi connectivity index (χ0v) is 10.5. The van der Waals surface area contributed by atoms with Crippen LogP contribution in [0, 0.1) is 0 Å². The Morgan fingerprint density at radius 3 is 2.56 bits per heavy atom. The third kappa shape index (κ3) is 2.57. The molecule has 16 heavy (non-hydrogen) atoms. The molecule has 3 nitrogen and oxygen atoms in total. The molecule has 1 saturated carbocycles. The summed E-state index contributed by atoms with van der Waals surface area (Å²) in [7, 11) is 0. The Kier molecular flexibility index (Phi) is 3.85. The van der Waals surface area contributed by atoms with Crippen LogP contribution in [0.1, 0.15) is 52.4 Å². The van der Waals surface area contributed by atoms with Crippen molar-refractivity contribution in [2.45, 2.75) is 70.5 Å². The Bertz CT molecular complexity index is 246. The van der Waals surface area contributed by atoms with Crippen molar-refractivity contribution >= 4 is 5.91 Å². The third-order valence-electron chi connectivity index (χ3n) is 3.87. The van der Waals surface area contributed by atoms with Gasteiger partial charge in [-0.3, -0.25) is 4.79 Å². The highest BCUT2D eigenvalue weighted by molar-refractivity contribution is 5.83. The molecular weight excluding hydrogens is 200 g/mol. The van der Waals surface area contributed by atoms with E-state index < -0.39 is 0 Å². The van der Waals surface area contributed by atoms with Crippen molar-refractivity contribution in [1.82, 2.24) is 10.2 Å². The first-order valence-electron chi connectivity index (χ1n) is 6.82. The molecule has 1 amide bonds. The lowest BCUT2D eigenvalue weighted by Gasteiger charge is -2.37. The van der Waals surface area contributed by atoms with Crippen LogP contribution in [0.2, 0.25) is 0 Å². The van der Waals surface area contributed by atoms with E-state index in [1.165, 1.54) is 12.8 Å². The number of carbonyl (C=O) groups is 1. The maximum Gasteiger partial charge on any atom is 0.239 e. The summed E-state index contributed by atoms with van der Waals surface area (Å²) in [5.74, 6) is 0.354. The topological polar surface area (TPSA) is 32.3 Å². The van der Waals surface area contributed by atoms with Crippen LogP contribution < -0.4 is 5.32 Å². The highest BCUT2D eigenvalue weighted by Crippen LogP contribution is 2.24. The predicted octanol–water partition coefficient (Wildman–Crippen LogP) is 1.92. The van der Waals surface area contributed by atoms with Gasteiger partial charge in [0.05, 0.1) is 6.04 Å². The number of hydrogen-bond acceptors (Lipinski definition) is 2. The van der Waals surface area contributed by atoms with E-state index in [1.54, 1.807) is 0 Å². The molecule has 2 fully saturated rings. The summed E-state index contributed by atoms with van der Waals surface area (Å²) in [5, 5.41) is 3.48. The van der Waals surface area contributed by atoms with Crippen molar-refractivity contribution in [2.24, 2.45) is 0 Å². The van der Waals surface area contributed by atoms with Crippen molar-refractivity contribution in [1.29, 1.82) is 0 Å². The molecule has 1 aliphatic carbocycles. The number of piperidine rings is 1. The number of carbonyl (C=O) groups excluding carboxylic acids is 1. The third-order valence-corrected chi connectivity index (χ3v) is 3.87. The number of nitrogens with one attached hydrogen (secondary N) is 1. The molecular formula is C13H24N2O. The van der Waals surface area contributed by atoms with Gasteiger partial charge in [0.1, 0.15) is 0 Å². The second-order valence-corrected chi connectivity index (χ2v) is 5.14. The number of amides is 1. The van der Waals surface area contributed by atoms with E-state index in [2.05, 4.69) is 24.1 Å². The van der Waals surface area contributed by atoms with Gasteiger partial charge in [-0.1, -0.05) is 13.8 Å². The standard InChI is InChI=1S/C13H24N2O/c1-3-11(4-2)15-9-5-6-12(13(15)16)14-10-7-8-10/h10-12,14H,3-9H2,1-2H3. The van der Waals surface area contributed by atoms with Crippen LogP contribution in [0.5, 0.6) is 0 Å². The summed E-state index contributed by atoms with van der Waals surface area (Å²) < 4.78 is 0. The Morgan fingerprint density at radius 2 is 2.00 bits per heavy atom. The SMILES string of the molecule is CCC(CC)N1CCCC(NC2CC2)C1=O. The molecule has 2 aliphatic rings. The molecule has 2 rings (SSSR count). The van der Waals surface area contributed by atoms with Gasteiger partial charge in [-0.25, -0.2) is 0 Å². The Balaban J connectivity index is 1.94. The minimum absolute atomic E-state index is 0.113. The molecule has 0 spiro atoms. The smallest absolute Gasteiger partial charge is 0.239 e. The van der Waals surface area contributed by atoms with Crippen LogP contribution >= 0.6 is 0 Å². The molecule has 1 N–H and O–H groups in total. The van der Waals surface area contributed by atoms with Crippen LogP contribution in [0.4, 0.5) is 0 Å². The number of likely N-dealkylation sites (tertiary alicyclic amines) is 1. The van der Waals surface area contributed by atoms with E-state index in [-0.39, 0.29) is 6.04 Å². The van der Waals surface area contributed by atoms with Crippen LogP contribution in [0.15, 0.2) is 0 Å². The van der Waals surface area contributed by atoms with Crippen LogP contribution in [-0.4, -0.2) is 35.5 Å². The van der Waals surface area contributed by atoms with Gasteiger partial charge >= 0.3 is 0 Å². The molecule has 1 aliphatic heterocycles. The van der Waals surface area contributed by atoms with E-state index in [0.717, 1.165) is 32.2 Å². The lowest BCUT2D eigenvalue weighted by Crippen LogP contribution is -2.54. The number of hydrogen-bond donors (Lipinski definition) is 1. The van der Waals surface area contributed by atoms with Crippen LogP contribution in [-0.2, 0) is 4.79 Å². The minimum Gasteiger partial charge on any atom is -0.338 e. The molecule has 1 atom stereocenters. The zero-order valence-electron chi connectivity index (χ0n) is 10.5. The Morgan fingerprint density at radius 1 is 1.31 bits per heavy atom. The fraction of sp³-hybridized carbons (Fsp3) is 0.923. The van der Waals surface area contributed by atoms with Crippen molar-refractivity contribution in [3.05, 3.63) is 0 Å². The normalized spacial score (nSPS) is 26.6. The van der Waals surface area contributed by atoms with E-state index in [1.807, 2.05) is 0 Å². The van der Waals surface area contributed by atoms with Gasteiger partial charge in [0.2, 0.25) is 5.91 Å². The van der Waals surface area contributed by atoms with Crippen LogP contribution in [0.25, 0.3) is 0 Å². The van der Waals surface area contributed by atoms with Gasteiger partial charge < -0.3 is 10.2 Å². The van der Waals surface area contributed by atoms with E-state index in [0.29, 0.717) is 18.0 Å². The number of rotatable bonds is 5. The summed E-state index contributed by atoms with van der Waals surface area (Å²) in [4.78, 5) is 14.4. The maximum atomic E-state index is 12.3. The molecule has 92 valence electrons. The monoisotopic (exact) mass is 224 g/mol. The molecule has 1 saturated heterocycles. The van der Waals surface area contributed by atoms with Crippen molar-refractivity contribution in [2.75, 3.05) is 6.54 Å². The van der Waals surface area contributed by atoms with Crippen LogP contribution in [0.3, 0.4) is 0 Å². The largest absolute Gasteiger partial charge is 0.338 e. The second-order valence-electron chi connectivity index (χ2n) is 5.14. The minimum atomic E-state index is 0.113. The molecule has 0 bridgehead atoms. The van der Waals surface area contributed by atoms with Gasteiger partial charge in [-0.05, 0) is 38.5 Å². The quantitative estimate of drug-likeness (QED) is 0.774. The number of nitrogens with zero attached hydrogens (tertiary/aromatic N) is 1. The zero-order chi connectivity index (χ0) is 11.5. The first-order chi connectivity index (χ1) is 7.76. The summed E-state index contributed by atoms with van der Waals surface area (Å²) >= 11 is 0. The summed E-state index contributed by atoms with van der Waals surface area (Å²) in [6, 6.07) is 1.20. The molecule has 0 aromatic rings. The highest BCUT2D eigenvalue weighted by Gasteiger charge is 2.35. The second kappa shape index (κ2) is 5.17. The molecule has 1 unspecified atom stereocenters. The first-order valence-corrected chi connectivity index (χ1v) is 6.82. The highest BCUT2D eigenvalue weighted by atomic mass is 16.2. The summed E-state index contributed by atoms with van der Waals surface area (Å²) in [6.45, 7) is 5.33. The molecule has 0 aromatic heterocycles. The molecule has 1 heterocycles.